The van der Waals surface area contributed by atoms with Crippen molar-refractivity contribution in [3.63, 3.8) is 0 Å². The van der Waals surface area contributed by atoms with E-state index in [-0.39, 0.29) is 4.90 Å². The van der Waals surface area contributed by atoms with Crippen LogP contribution in [0.5, 0.6) is 0 Å². The monoisotopic (exact) mass is 468 g/mol. The minimum Gasteiger partial charge on any atom is -0.480 e. The molecule has 0 saturated heterocycles. The van der Waals surface area contributed by atoms with Crippen LogP contribution in [0, 0.1) is 6.92 Å². The molecule has 0 spiro atoms. The fraction of sp³-hybridized carbons (Fsp3) is 0.211. The zero-order valence-electron chi connectivity index (χ0n) is 15.9. The standard InChI is InChI=1S/C19H20N2O6S3/c1-13-2-5-16(6-3-13)30(26,27)20-11-17(19(22)23)21-29(24,25)12-14-4-7-18-15(10-14)8-9-28-18/h2-10,17,20-21H,11-12H2,1H3,(H,22,23)/t17-/m1/s1. The maximum atomic E-state index is 12.5. The van der Waals surface area contributed by atoms with E-state index in [1.165, 1.54) is 23.5 Å². The van der Waals surface area contributed by atoms with Crippen LogP contribution in [0.25, 0.3) is 10.1 Å². The quantitative estimate of drug-likeness (QED) is 0.441. The maximum Gasteiger partial charge on any atom is 0.323 e. The van der Waals surface area contributed by atoms with Crippen molar-refractivity contribution in [3.8, 4) is 0 Å². The van der Waals surface area contributed by atoms with Gasteiger partial charge in [-0.15, -0.1) is 11.3 Å². The van der Waals surface area contributed by atoms with E-state index in [1.807, 2.05) is 11.4 Å². The predicted molar refractivity (Wildman–Crippen MR) is 115 cm³/mol. The van der Waals surface area contributed by atoms with Gasteiger partial charge in [-0.1, -0.05) is 23.8 Å². The fourth-order valence-corrected chi connectivity index (χ4v) is 5.89. The second-order valence-electron chi connectivity index (χ2n) is 6.73. The zero-order valence-corrected chi connectivity index (χ0v) is 18.4. The van der Waals surface area contributed by atoms with E-state index in [0.29, 0.717) is 5.56 Å². The molecule has 3 aromatic rings. The van der Waals surface area contributed by atoms with Crippen LogP contribution in [0.4, 0.5) is 0 Å². The van der Waals surface area contributed by atoms with Crippen molar-refractivity contribution in [2.45, 2.75) is 23.6 Å². The van der Waals surface area contributed by atoms with Gasteiger partial charge in [0.1, 0.15) is 6.04 Å². The summed E-state index contributed by atoms with van der Waals surface area (Å²) in [5.41, 5.74) is 1.36. The van der Waals surface area contributed by atoms with Crippen LogP contribution < -0.4 is 9.44 Å². The van der Waals surface area contributed by atoms with Crippen LogP contribution in [0.15, 0.2) is 58.8 Å². The van der Waals surface area contributed by atoms with Gasteiger partial charge in [0.05, 0.1) is 10.6 Å². The highest BCUT2D eigenvalue weighted by Crippen LogP contribution is 2.22. The summed E-state index contributed by atoms with van der Waals surface area (Å²) in [6.07, 6.45) is 0. The summed E-state index contributed by atoms with van der Waals surface area (Å²) < 4.78 is 54.9. The van der Waals surface area contributed by atoms with E-state index in [0.717, 1.165) is 15.6 Å². The largest absolute Gasteiger partial charge is 0.480 e. The molecular formula is C19H20N2O6S3. The number of thiophene rings is 1. The zero-order chi connectivity index (χ0) is 21.9. The van der Waals surface area contributed by atoms with Gasteiger partial charge in [0.25, 0.3) is 0 Å². The number of aryl methyl sites for hydroxylation is 1. The smallest absolute Gasteiger partial charge is 0.323 e. The lowest BCUT2D eigenvalue weighted by Crippen LogP contribution is -2.48. The Morgan fingerprint density at radius 1 is 1.07 bits per heavy atom. The van der Waals surface area contributed by atoms with Gasteiger partial charge in [0.2, 0.25) is 20.0 Å². The average molecular weight is 469 g/mol. The third-order valence-electron chi connectivity index (χ3n) is 4.30. The summed E-state index contributed by atoms with van der Waals surface area (Å²) in [7, 11) is -8.02. The summed E-state index contributed by atoms with van der Waals surface area (Å²) in [6.45, 7) is 1.17. The number of carboxylic acids is 1. The highest BCUT2D eigenvalue weighted by atomic mass is 32.2. The van der Waals surface area contributed by atoms with Gasteiger partial charge < -0.3 is 5.11 Å². The van der Waals surface area contributed by atoms with E-state index >= 15 is 0 Å². The Morgan fingerprint density at radius 2 is 1.77 bits per heavy atom. The van der Waals surface area contributed by atoms with Crippen molar-refractivity contribution in [2.24, 2.45) is 0 Å². The molecule has 8 nitrogen and oxygen atoms in total. The summed E-state index contributed by atoms with van der Waals surface area (Å²) in [6, 6.07) is 11.4. The van der Waals surface area contributed by atoms with Crippen LogP contribution in [0.3, 0.4) is 0 Å². The van der Waals surface area contributed by atoms with E-state index < -0.39 is 44.4 Å². The highest BCUT2D eigenvalue weighted by Gasteiger charge is 2.26. The number of hydrogen-bond acceptors (Lipinski definition) is 6. The van der Waals surface area contributed by atoms with Gasteiger partial charge in [-0.2, -0.15) is 4.72 Å². The molecule has 3 N–H and O–H groups in total. The number of fused-ring (bicyclic) bond motifs is 1. The molecule has 30 heavy (non-hydrogen) atoms. The van der Waals surface area contributed by atoms with Crippen molar-refractivity contribution in [3.05, 3.63) is 65.0 Å². The molecular weight excluding hydrogens is 448 g/mol. The summed E-state index contributed by atoms with van der Waals surface area (Å²) in [5, 5.41) is 12.1. The summed E-state index contributed by atoms with van der Waals surface area (Å²) >= 11 is 1.53. The minimum atomic E-state index is -4.03. The molecule has 2 aromatic carbocycles. The van der Waals surface area contributed by atoms with Crippen LogP contribution in [0.1, 0.15) is 11.1 Å². The van der Waals surface area contributed by atoms with E-state index in [2.05, 4.69) is 9.44 Å². The first-order valence-corrected chi connectivity index (χ1v) is 12.8. The molecule has 11 heteroatoms. The van der Waals surface area contributed by atoms with Crippen molar-refractivity contribution < 1.29 is 26.7 Å². The number of nitrogens with one attached hydrogen (secondary N) is 2. The molecule has 0 aliphatic heterocycles. The number of aliphatic carboxylic acids is 1. The number of benzene rings is 2. The molecule has 1 aromatic heterocycles. The molecule has 0 radical (unpaired) electrons. The third kappa shape index (κ3) is 5.64. The molecule has 0 fully saturated rings. The molecule has 0 amide bonds. The first-order valence-electron chi connectivity index (χ1n) is 8.81. The number of hydrogen-bond donors (Lipinski definition) is 3. The summed E-state index contributed by atoms with van der Waals surface area (Å²) in [5.74, 6) is -1.91. The topological polar surface area (TPSA) is 130 Å². The molecule has 1 atom stereocenters. The van der Waals surface area contributed by atoms with Gasteiger partial charge in [-0.05, 0) is 53.6 Å². The van der Waals surface area contributed by atoms with Gasteiger partial charge in [-0.25, -0.2) is 21.6 Å². The van der Waals surface area contributed by atoms with Gasteiger partial charge in [-0.3, -0.25) is 4.79 Å². The molecule has 0 aliphatic carbocycles. The van der Waals surface area contributed by atoms with Gasteiger partial charge >= 0.3 is 5.97 Å². The van der Waals surface area contributed by atoms with Crippen molar-refractivity contribution in [1.29, 1.82) is 0 Å². The number of carboxylic acid groups (broad SMARTS) is 1. The van der Waals surface area contributed by atoms with Crippen molar-refractivity contribution in [2.75, 3.05) is 6.54 Å². The Balaban J connectivity index is 1.69. The molecule has 3 rings (SSSR count). The Kier molecular flexibility index (Phi) is 6.58. The second-order valence-corrected chi connectivity index (χ2v) is 11.2. The van der Waals surface area contributed by atoms with E-state index in [1.54, 1.807) is 37.3 Å². The van der Waals surface area contributed by atoms with E-state index in [4.69, 9.17) is 0 Å². The normalized spacial score (nSPS) is 13.4. The van der Waals surface area contributed by atoms with Crippen LogP contribution in [-0.4, -0.2) is 40.5 Å². The highest BCUT2D eigenvalue weighted by molar-refractivity contribution is 7.89. The first kappa shape index (κ1) is 22.4. The number of rotatable bonds is 9. The SMILES string of the molecule is Cc1ccc(S(=O)(=O)NC[C@@H](NS(=O)(=O)Cc2ccc3sccc3c2)C(=O)O)cc1. The summed E-state index contributed by atoms with van der Waals surface area (Å²) in [4.78, 5) is 11.5. The molecule has 1 heterocycles. The lowest BCUT2D eigenvalue weighted by Gasteiger charge is -2.16. The molecule has 0 bridgehead atoms. The third-order valence-corrected chi connectivity index (χ3v) is 8.00. The average Bonchev–Trinajstić information content (AvgIpc) is 3.12. The minimum absolute atomic E-state index is 0.0378. The Labute approximate surface area is 178 Å². The Morgan fingerprint density at radius 3 is 2.43 bits per heavy atom. The van der Waals surface area contributed by atoms with Gasteiger partial charge in [0, 0.05) is 11.2 Å². The number of sulfonamides is 2. The number of carbonyl (C=O) groups is 1. The van der Waals surface area contributed by atoms with Crippen LogP contribution in [0.2, 0.25) is 0 Å². The van der Waals surface area contributed by atoms with Gasteiger partial charge in [0.15, 0.2) is 0 Å². The van der Waals surface area contributed by atoms with Crippen LogP contribution in [-0.2, 0) is 30.6 Å². The Hall–Kier alpha value is -2.31. The fourth-order valence-electron chi connectivity index (χ4n) is 2.76. The van der Waals surface area contributed by atoms with Crippen molar-refractivity contribution in [1.82, 2.24) is 9.44 Å². The van der Waals surface area contributed by atoms with Crippen molar-refractivity contribution >= 4 is 47.4 Å². The second kappa shape index (κ2) is 8.82. The van der Waals surface area contributed by atoms with Crippen LogP contribution >= 0.6 is 11.3 Å². The first-order chi connectivity index (χ1) is 14.1. The predicted octanol–water partition coefficient (Wildman–Crippen LogP) is 2.06. The lowest BCUT2D eigenvalue weighted by atomic mass is 10.2. The lowest BCUT2D eigenvalue weighted by molar-refractivity contribution is -0.138. The van der Waals surface area contributed by atoms with E-state index in [9.17, 15) is 26.7 Å². The maximum absolute atomic E-state index is 12.5. The molecule has 0 aliphatic rings. The molecule has 160 valence electrons. The molecule has 0 saturated carbocycles. The Bertz CT molecular complexity index is 1270. The molecule has 0 unspecified atom stereocenters.